The summed E-state index contributed by atoms with van der Waals surface area (Å²) in [4.78, 5) is 23.9. The van der Waals surface area contributed by atoms with E-state index in [0.29, 0.717) is 12.5 Å². The van der Waals surface area contributed by atoms with Crippen LogP contribution in [0.15, 0.2) is 4.99 Å². The Morgan fingerprint density at radius 2 is 2.19 bits per heavy atom. The predicted octanol–water partition coefficient (Wildman–Crippen LogP) is 0.542. The first-order chi connectivity index (χ1) is 10.0. The first-order valence-electron chi connectivity index (χ1n) is 6.72. The number of nitrogen functional groups attached to an aromatic ring is 2. The van der Waals surface area contributed by atoms with Crippen molar-refractivity contribution in [2.75, 3.05) is 18.0 Å². The Labute approximate surface area is 127 Å². The lowest BCUT2D eigenvalue weighted by Gasteiger charge is -2.12. The van der Waals surface area contributed by atoms with Crippen LogP contribution in [-0.4, -0.2) is 34.4 Å². The van der Waals surface area contributed by atoms with Crippen LogP contribution in [0.5, 0.6) is 0 Å². The SMILES string of the molecule is CCCCC1CN=C(NC(=O)c2nc(Cl)c(N)nc2N)N1. The summed E-state index contributed by atoms with van der Waals surface area (Å²) in [6.45, 7) is 2.77. The van der Waals surface area contributed by atoms with Gasteiger partial charge in [-0.1, -0.05) is 31.4 Å². The van der Waals surface area contributed by atoms with E-state index in [1.165, 1.54) is 0 Å². The standard InChI is InChI=1S/C12H18ClN7O/c1-2-3-4-6-5-16-12(17-6)20-11(21)7-9(14)19-10(15)8(13)18-7/h6H,2-5H2,1H3,(H4,14,15,19)(H2,16,17,20,21). The molecular weight excluding hydrogens is 294 g/mol. The summed E-state index contributed by atoms with van der Waals surface area (Å²) in [5, 5.41) is 5.69. The summed E-state index contributed by atoms with van der Waals surface area (Å²) in [5.74, 6) is -0.197. The number of unbranched alkanes of at least 4 members (excludes halogenated alkanes) is 1. The largest absolute Gasteiger partial charge is 0.382 e. The number of nitrogens with zero attached hydrogens (tertiary/aromatic N) is 3. The Morgan fingerprint density at radius 3 is 2.90 bits per heavy atom. The van der Waals surface area contributed by atoms with Gasteiger partial charge in [0.2, 0.25) is 0 Å². The van der Waals surface area contributed by atoms with Crippen LogP contribution in [-0.2, 0) is 0 Å². The number of carbonyl (C=O) groups is 1. The molecule has 0 radical (unpaired) electrons. The molecule has 0 aliphatic carbocycles. The Morgan fingerprint density at radius 1 is 1.43 bits per heavy atom. The zero-order valence-corrected chi connectivity index (χ0v) is 12.4. The van der Waals surface area contributed by atoms with Crippen molar-refractivity contribution >= 4 is 35.1 Å². The van der Waals surface area contributed by atoms with E-state index in [4.69, 9.17) is 23.1 Å². The fourth-order valence-corrected chi connectivity index (χ4v) is 2.08. The normalized spacial score (nSPS) is 17.2. The highest BCUT2D eigenvalue weighted by Crippen LogP contribution is 2.17. The zero-order valence-electron chi connectivity index (χ0n) is 11.7. The Balaban J connectivity index is 1.98. The van der Waals surface area contributed by atoms with Crippen LogP contribution in [0.1, 0.15) is 36.7 Å². The van der Waals surface area contributed by atoms with Crippen molar-refractivity contribution in [3.63, 3.8) is 0 Å². The van der Waals surface area contributed by atoms with Gasteiger partial charge in [-0.05, 0) is 6.42 Å². The molecule has 1 aromatic heterocycles. The minimum atomic E-state index is -0.524. The smallest absolute Gasteiger partial charge is 0.280 e. The van der Waals surface area contributed by atoms with E-state index in [9.17, 15) is 4.79 Å². The average Bonchev–Trinajstić information content (AvgIpc) is 2.88. The number of halogens is 1. The van der Waals surface area contributed by atoms with Gasteiger partial charge in [0, 0.05) is 6.04 Å². The molecule has 1 aliphatic rings. The topological polar surface area (TPSA) is 131 Å². The molecule has 1 aliphatic heterocycles. The van der Waals surface area contributed by atoms with Crippen molar-refractivity contribution in [2.45, 2.75) is 32.2 Å². The number of nitrogens with one attached hydrogen (secondary N) is 2. The molecule has 1 unspecified atom stereocenters. The number of carbonyl (C=O) groups excluding carboxylic acids is 1. The molecule has 0 bridgehead atoms. The molecule has 6 N–H and O–H groups in total. The van der Waals surface area contributed by atoms with Crippen molar-refractivity contribution in [3.8, 4) is 0 Å². The van der Waals surface area contributed by atoms with E-state index in [1.54, 1.807) is 0 Å². The second-order valence-corrected chi connectivity index (χ2v) is 5.12. The Hall–Kier alpha value is -2.09. The van der Waals surface area contributed by atoms with Crippen LogP contribution < -0.4 is 22.1 Å². The van der Waals surface area contributed by atoms with Crippen molar-refractivity contribution in [3.05, 3.63) is 10.8 Å². The number of amides is 1. The molecule has 114 valence electrons. The van der Waals surface area contributed by atoms with Gasteiger partial charge in [-0.15, -0.1) is 0 Å². The fourth-order valence-electron chi connectivity index (χ4n) is 1.95. The quantitative estimate of drug-likeness (QED) is 0.642. The number of guanidine groups is 1. The Bertz CT molecular complexity index is 575. The number of aromatic nitrogens is 2. The summed E-state index contributed by atoms with van der Waals surface area (Å²) in [5.41, 5.74) is 11.0. The van der Waals surface area contributed by atoms with E-state index in [0.717, 1.165) is 19.3 Å². The fraction of sp³-hybridized carbons (Fsp3) is 0.500. The molecule has 1 atom stereocenters. The van der Waals surface area contributed by atoms with Gasteiger partial charge < -0.3 is 16.8 Å². The number of aliphatic imine (C=N–C) groups is 1. The molecule has 1 aromatic rings. The van der Waals surface area contributed by atoms with E-state index in [-0.39, 0.29) is 28.5 Å². The second kappa shape index (κ2) is 6.57. The van der Waals surface area contributed by atoms with Gasteiger partial charge in [0.1, 0.15) is 0 Å². The average molecular weight is 312 g/mol. The van der Waals surface area contributed by atoms with Crippen molar-refractivity contribution < 1.29 is 4.79 Å². The van der Waals surface area contributed by atoms with Gasteiger partial charge in [0.05, 0.1) is 6.54 Å². The highest BCUT2D eigenvalue weighted by molar-refractivity contribution is 6.31. The maximum atomic E-state index is 12.1. The summed E-state index contributed by atoms with van der Waals surface area (Å²) in [7, 11) is 0. The lowest BCUT2D eigenvalue weighted by molar-refractivity contribution is 0.0972. The van der Waals surface area contributed by atoms with Gasteiger partial charge in [-0.3, -0.25) is 15.1 Å². The molecule has 0 spiro atoms. The second-order valence-electron chi connectivity index (χ2n) is 4.76. The summed E-state index contributed by atoms with van der Waals surface area (Å²) in [6, 6.07) is 0.249. The molecule has 0 saturated carbocycles. The summed E-state index contributed by atoms with van der Waals surface area (Å²) in [6.07, 6.45) is 3.24. The zero-order chi connectivity index (χ0) is 15.4. The maximum Gasteiger partial charge on any atom is 0.280 e. The first kappa shape index (κ1) is 15.3. The molecular formula is C12H18ClN7O. The van der Waals surface area contributed by atoms with Gasteiger partial charge in [-0.25, -0.2) is 9.97 Å². The van der Waals surface area contributed by atoms with Crippen LogP contribution in [0.25, 0.3) is 0 Å². The predicted molar refractivity (Wildman–Crippen MR) is 82.1 cm³/mol. The highest BCUT2D eigenvalue weighted by atomic mass is 35.5. The van der Waals surface area contributed by atoms with Gasteiger partial charge in [0.25, 0.3) is 5.91 Å². The third-order valence-corrected chi connectivity index (χ3v) is 3.35. The van der Waals surface area contributed by atoms with Crippen LogP contribution >= 0.6 is 11.6 Å². The first-order valence-corrected chi connectivity index (χ1v) is 7.09. The van der Waals surface area contributed by atoms with Gasteiger partial charge in [-0.2, -0.15) is 0 Å². The third-order valence-electron chi connectivity index (χ3n) is 3.07. The number of nitrogens with two attached hydrogens (primary N) is 2. The molecule has 21 heavy (non-hydrogen) atoms. The van der Waals surface area contributed by atoms with E-state index in [2.05, 4.69) is 32.5 Å². The van der Waals surface area contributed by atoms with Crippen molar-refractivity contribution in [1.82, 2.24) is 20.6 Å². The maximum absolute atomic E-state index is 12.1. The van der Waals surface area contributed by atoms with Gasteiger partial charge in [0.15, 0.2) is 28.4 Å². The van der Waals surface area contributed by atoms with Gasteiger partial charge >= 0.3 is 0 Å². The lowest BCUT2D eigenvalue weighted by Crippen LogP contribution is -2.42. The van der Waals surface area contributed by atoms with Crippen LogP contribution in [0.2, 0.25) is 5.15 Å². The highest BCUT2D eigenvalue weighted by Gasteiger charge is 2.21. The molecule has 2 rings (SSSR count). The van der Waals surface area contributed by atoms with Crippen molar-refractivity contribution in [2.24, 2.45) is 4.99 Å². The number of rotatable bonds is 4. The molecule has 9 heteroatoms. The molecule has 8 nitrogen and oxygen atoms in total. The number of hydrogen-bond donors (Lipinski definition) is 4. The number of anilines is 2. The summed E-state index contributed by atoms with van der Waals surface area (Å²) >= 11 is 5.75. The molecule has 0 aromatic carbocycles. The van der Waals surface area contributed by atoms with Crippen molar-refractivity contribution in [1.29, 1.82) is 0 Å². The molecule has 0 fully saturated rings. The minimum Gasteiger partial charge on any atom is -0.382 e. The molecule has 1 amide bonds. The lowest BCUT2D eigenvalue weighted by atomic mass is 10.1. The van der Waals surface area contributed by atoms with E-state index >= 15 is 0 Å². The van der Waals surface area contributed by atoms with Crippen LogP contribution in [0, 0.1) is 0 Å². The van der Waals surface area contributed by atoms with Crippen LogP contribution in [0.4, 0.5) is 11.6 Å². The van der Waals surface area contributed by atoms with E-state index in [1.807, 2.05) is 0 Å². The summed E-state index contributed by atoms with van der Waals surface area (Å²) < 4.78 is 0. The molecule has 2 heterocycles. The Kier molecular flexibility index (Phi) is 4.79. The van der Waals surface area contributed by atoms with Crippen LogP contribution in [0.3, 0.4) is 0 Å². The minimum absolute atomic E-state index is 0.0123. The third kappa shape index (κ3) is 3.72. The molecule has 0 saturated heterocycles. The van der Waals surface area contributed by atoms with E-state index < -0.39 is 5.91 Å². The number of hydrogen-bond acceptors (Lipinski definition) is 7. The monoisotopic (exact) mass is 311 g/mol.